The summed E-state index contributed by atoms with van der Waals surface area (Å²) in [6.45, 7) is 1.85. The van der Waals surface area contributed by atoms with Crippen LogP contribution in [0.25, 0.3) is 11.4 Å². The number of benzene rings is 1. The molecule has 0 saturated carbocycles. The summed E-state index contributed by atoms with van der Waals surface area (Å²) in [6, 6.07) is 5.37. The van der Waals surface area contributed by atoms with Crippen LogP contribution >= 0.6 is 27.5 Å². The van der Waals surface area contributed by atoms with Gasteiger partial charge in [0, 0.05) is 10.0 Å². The fourth-order valence-electron chi connectivity index (χ4n) is 1.24. The highest BCUT2D eigenvalue weighted by molar-refractivity contribution is 9.10. The summed E-state index contributed by atoms with van der Waals surface area (Å²) >= 11 is 9.26. The second-order valence-electron chi connectivity index (χ2n) is 3.46. The molecule has 4 nitrogen and oxygen atoms in total. The van der Waals surface area contributed by atoms with E-state index >= 15 is 0 Å². The third kappa shape index (κ3) is 2.26. The minimum Gasteiger partial charge on any atom is -0.322 e. The summed E-state index contributed by atoms with van der Waals surface area (Å²) in [7, 11) is 0. The first-order valence-corrected chi connectivity index (χ1v) is 5.88. The number of nitrogens with two attached hydrogens (primary N) is 1. The van der Waals surface area contributed by atoms with Crippen molar-refractivity contribution in [3.63, 3.8) is 0 Å². The van der Waals surface area contributed by atoms with E-state index in [4.69, 9.17) is 17.3 Å². The largest absolute Gasteiger partial charge is 0.322 e. The van der Waals surface area contributed by atoms with E-state index in [1.54, 1.807) is 6.07 Å². The van der Waals surface area contributed by atoms with Crippen molar-refractivity contribution in [1.29, 1.82) is 0 Å². The Balaban J connectivity index is 2.39. The molecule has 0 aliphatic heterocycles. The average molecular weight is 302 g/mol. The summed E-state index contributed by atoms with van der Waals surface area (Å²) in [5.74, 6) is 1.28. The normalized spacial score (nSPS) is 12.8. The van der Waals surface area contributed by atoms with Crippen molar-refractivity contribution < 1.29 is 0 Å². The van der Waals surface area contributed by atoms with Gasteiger partial charge in [-0.1, -0.05) is 11.6 Å². The van der Waals surface area contributed by atoms with Gasteiger partial charge >= 0.3 is 0 Å². The zero-order chi connectivity index (χ0) is 11.7. The number of hydrogen-bond acceptors (Lipinski definition) is 3. The Morgan fingerprint density at radius 2 is 2.25 bits per heavy atom. The van der Waals surface area contributed by atoms with Crippen molar-refractivity contribution in [2.45, 2.75) is 13.0 Å². The fourth-order valence-corrected chi connectivity index (χ4v) is 1.74. The molecule has 2 aromatic rings. The van der Waals surface area contributed by atoms with Crippen LogP contribution in [0.2, 0.25) is 5.02 Å². The van der Waals surface area contributed by atoms with Gasteiger partial charge in [-0.05, 0) is 41.1 Å². The molecule has 1 atom stereocenters. The van der Waals surface area contributed by atoms with Gasteiger partial charge in [-0.15, -0.1) is 0 Å². The lowest BCUT2D eigenvalue weighted by molar-refractivity contribution is 0.745. The lowest BCUT2D eigenvalue weighted by Gasteiger charge is -1.99. The maximum atomic E-state index is 5.91. The molecule has 0 aliphatic carbocycles. The van der Waals surface area contributed by atoms with Crippen molar-refractivity contribution in [2.24, 2.45) is 5.73 Å². The Labute approximate surface area is 106 Å². The van der Waals surface area contributed by atoms with E-state index in [2.05, 4.69) is 31.1 Å². The van der Waals surface area contributed by atoms with Crippen LogP contribution in [0.5, 0.6) is 0 Å². The maximum absolute atomic E-state index is 5.91. The zero-order valence-electron chi connectivity index (χ0n) is 8.54. The molecule has 1 heterocycles. The first-order valence-electron chi connectivity index (χ1n) is 4.71. The standard InChI is InChI=1S/C10H10BrClN4/c1-5(13)9-14-10(16-15-9)6-2-3-8(12)7(11)4-6/h2-5H,13H2,1H3,(H,14,15,16). The lowest BCUT2D eigenvalue weighted by Crippen LogP contribution is -2.06. The van der Waals surface area contributed by atoms with Crippen LogP contribution in [0, 0.1) is 0 Å². The molecule has 0 aliphatic rings. The first kappa shape index (κ1) is 11.6. The molecule has 0 amide bonds. The third-order valence-corrected chi connectivity index (χ3v) is 3.33. The van der Waals surface area contributed by atoms with Crippen LogP contribution in [0.3, 0.4) is 0 Å². The molecule has 1 aromatic heterocycles. The topological polar surface area (TPSA) is 67.6 Å². The average Bonchev–Trinajstić information content (AvgIpc) is 2.71. The Morgan fingerprint density at radius 3 is 2.81 bits per heavy atom. The number of halogens is 2. The Kier molecular flexibility index (Phi) is 3.28. The number of aromatic amines is 1. The molecule has 1 aromatic carbocycles. The fraction of sp³-hybridized carbons (Fsp3) is 0.200. The van der Waals surface area contributed by atoms with E-state index in [9.17, 15) is 0 Å². The molecule has 16 heavy (non-hydrogen) atoms. The zero-order valence-corrected chi connectivity index (χ0v) is 10.9. The maximum Gasteiger partial charge on any atom is 0.181 e. The van der Waals surface area contributed by atoms with Crippen molar-refractivity contribution in [3.05, 3.63) is 33.5 Å². The number of H-pyrrole nitrogens is 1. The van der Waals surface area contributed by atoms with Crippen LogP contribution in [-0.2, 0) is 0 Å². The van der Waals surface area contributed by atoms with Gasteiger partial charge in [-0.3, -0.25) is 5.10 Å². The van der Waals surface area contributed by atoms with Gasteiger partial charge in [-0.25, -0.2) is 4.98 Å². The van der Waals surface area contributed by atoms with E-state index < -0.39 is 0 Å². The molecule has 0 bridgehead atoms. The van der Waals surface area contributed by atoms with E-state index in [0.717, 1.165) is 10.0 Å². The highest BCUT2D eigenvalue weighted by Gasteiger charge is 2.09. The van der Waals surface area contributed by atoms with Crippen LogP contribution in [0.15, 0.2) is 22.7 Å². The number of aromatic nitrogens is 3. The SMILES string of the molecule is CC(N)c1nc(-c2ccc(Cl)c(Br)c2)n[nH]1. The van der Waals surface area contributed by atoms with Crippen LogP contribution in [0.1, 0.15) is 18.8 Å². The monoisotopic (exact) mass is 300 g/mol. The van der Waals surface area contributed by atoms with Gasteiger partial charge in [-0.2, -0.15) is 5.10 Å². The molecule has 0 saturated heterocycles. The number of nitrogens with one attached hydrogen (secondary N) is 1. The number of nitrogens with zero attached hydrogens (tertiary/aromatic N) is 2. The van der Waals surface area contributed by atoms with Crippen LogP contribution in [0.4, 0.5) is 0 Å². The van der Waals surface area contributed by atoms with Crippen molar-refractivity contribution in [2.75, 3.05) is 0 Å². The predicted molar refractivity (Wildman–Crippen MR) is 67.1 cm³/mol. The Hall–Kier alpha value is -0.910. The molecule has 6 heteroatoms. The summed E-state index contributed by atoms with van der Waals surface area (Å²) in [5, 5.41) is 7.56. The molecule has 0 radical (unpaired) electrons. The number of hydrogen-bond donors (Lipinski definition) is 2. The van der Waals surface area contributed by atoms with Gasteiger partial charge in [0.25, 0.3) is 0 Å². The summed E-state index contributed by atoms with van der Waals surface area (Å²) in [6.07, 6.45) is 0. The minimum absolute atomic E-state index is 0.156. The first-order chi connectivity index (χ1) is 7.58. The second kappa shape index (κ2) is 4.53. The molecule has 84 valence electrons. The smallest absolute Gasteiger partial charge is 0.181 e. The van der Waals surface area contributed by atoms with Gasteiger partial charge in [0.15, 0.2) is 5.82 Å². The quantitative estimate of drug-likeness (QED) is 0.896. The van der Waals surface area contributed by atoms with E-state index in [1.165, 1.54) is 0 Å². The van der Waals surface area contributed by atoms with Gasteiger partial charge in [0.1, 0.15) is 5.82 Å². The highest BCUT2D eigenvalue weighted by Crippen LogP contribution is 2.27. The predicted octanol–water partition coefficient (Wildman–Crippen LogP) is 2.91. The highest BCUT2D eigenvalue weighted by atomic mass is 79.9. The molecule has 3 N–H and O–H groups in total. The molecule has 0 spiro atoms. The minimum atomic E-state index is -0.156. The van der Waals surface area contributed by atoms with E-state index in [1.807, 2.05) is 19.1 Å². The molecular weight excluding hydrogens is 291 g/mol. The van der Waals surface area contributed by atoms with E-state index in [0.29, 0.717) is 16.7 Å². The summed E-state index contributed by atoms with van der Waals surface area (Å²) < 4.78 is 0.818. The van der Waals surface area contributed by atoms with Crippen LogP contribution < -0.4 is 5.73 Å². The lowest BCUT2D eigenvalue weighted by atomic mass is 10.2. The van der Waals surface area contributed by atoms with Crippen molar-refractivity contribution >= 4 is 27.5 Å². The van der Waals surface area contributed by atoms with E-state index in [-0.39, 0.29) is 6.04 Å². The number of rotatable bonds is 2. The summed E-state index contributed by atoms with van der Waals surface area (Å²) in [5.41, 5.74) is 6.58. The molecule has 0 fully saturated rings. The van der Waals surface area contributed by atoms with Gasteiger partial charge < -0.3 is 5.73 Å². The molecular formula is C10H10BrClN4. The third-order valence-electron chi connectivity index (χ3n) is 2.11. The van der Waals surface area contributed by atoms with Crippen molar-refractivity contribution in [3.8, 4) is 11.4 Å². The Bertz CT molecular complexity index is 509. The van der Waals surface area contributed by atoms with Gasteiger partial charge in [0.2, 0.25) is 0 Å². The molecule has 2 rings (SSSR count). The van der Waals surface area contributed by atoms with Gasteiger partial charge in [0.05, 0.1) is 11.1 Å². The molecule has 1 unspecified atom stereocenters. The Morgan fingerprint density at radius 1 is 1.50 bits per heavy atom. The van der Waals surface area contributed by atoms with Crippen molar-refractivity contribution in [1.82, 2.24) is 15.2 Å². The second-order valence-corrected chi connectivity index (χ2v) is 4.72. The van der Waals surface area contributed by atoms with Crippen LogP contribution in [-0.4, -0.2) is 15.2 Å². The summed E-state index contributed by atoms with van der Waals surface area (Å²) in [4.78, 5) is 4.30.